The molecule has 1 saturated carbocycles. The zero-order valence-electron chi connectivity index (χ0n) is 16.2. The zero-order valence-corrected chi connectivity index (χ0v) is 17.0. The second-order valence-electron chi connectivity index (χ2n) is 7.95. The molecule has 2 aromatic carbocycles. The summed E-state index contributed by atoms with van der Waals surface area (Å²) in [5.41, 5.74) is 2.96. The number of sulfonamides is 1. The van der Waals surface area contributed by atoms with Gasteiger partial charge in [0.25, 0.3) is 0 Å². The van der Waals surface area contributed by atoms with Crippen LogP contribution in [0.4, 0.5) is 0 Å². The van der Waals surface area contributed by atoms with E-state index >= 15 is 0 Å². The Kier molecular flexibility index (Phi) is 5.70. The highest BCUT2D eigenvalue weighted by molar-refractivity contribution is 7.90. The Hall–Kier alpha value is -1.43. The van der Waals surface area contributed by atoms with Gasteiger partial charge in [-0.1, -0.05) is 36.4 Å². The summed E-state index contributed by atoms with van der Waals surface area (Å²) in [7, 11) is -2.94. The first kappa shape index (κ1) is 19.3. The van der Waals surface area contributed by atoms with Gasteiger partial charge in [-0.15, -0.1) is 0 Å². The normalized spacial score (nSPS) is 17.5. The van der Waals surface area contributed by atoms with Gasteiger partial charge in [-0.05, 0) is 62.4 Å². The molecule has 4 rings (SSSR count). The van der Waals surface area contributed by atoms with E-state index in [9.17, 15) is 8.42 Å². The fraction of sp³-hybridized carbons (Fsp3) is 0.524. The average Bonchev–Trinajstić information content (AvgIpc) is 3.40. The van der Waals surface area contributed by atoms with E-state index in [2.05, 4.69) is 59.9 Å². The maximum Gasteiger partial charge on any atom is 0.214 e. The summed E-state index contributed by atoms with van der Waals surface area (Å²) >= 11 is 0. The highest BCUT2D eigenvalue weighted by atomic mass is 32.2. The molecule has 0 spiro atoms. The summed E-state index contributed by atoms with van der Waals surface area (Å²) in [6.45, 7) is 10.4. The molecule has 26 heavy (non-hydrogen) atoms. The van der Waals surface area contributed by atoms with E-state index < -0.39 is 10.0 Å². The van der Waals surface area contributed by atoms with Crippen molar-refractivity contribution in [2.24, 2.45) is 0 Å². The van der Waals surface area contributed by atoms with Gasteiger partial charge in [-0.25, -0.2) is 13.1 Å². The van der Waals surface area contributed by atoms with E-state index in [0.29, 0.717) is 6.04 Å². The molecule has 0 unspecified atom stereocenters. The quantitative estimate of drug-likeness (QED) is 0.879. The third kappa shape index (κ3) is 4.45. The smallest absolute Gasteiger partial charge is 0.214 e. The molecule has 142 valence electrons. The van der Waals surface area contributed by atoms with Crippen LogP contribution in [0.5, 0.6) is 0 Å². The van der Waals surface area contributed by atoms with Crippen molar-refractivity contribution in [3.63, 3.8) is 0 Å². The Labute approximate surface area is 157 Å². The lowest BCUT2D eigenvalue weighted by molar-refractivity contribution is 0.200. The standard InChI is InChI=1S/C15H17N.C6H13NO2S/c1-11(2)16-9-13-7-3-5-12-6-4-8-14(10-16)15(12)13;1-5(2)7-10(8,9)6-3-4-6/h3-8,11H,9-10H2,1-2H3;5-7H,3-4H2,1-2H3. The number of hydrogen-bond donors (Lipinski definition) is 1. The lowest BCUT2D eigenvalue weighted by Gasteiger charge is -2.32. The van der Waals surface area contributed by atoms with Crippen molar-refractivity contribution < 1.29 is 8.42 Å². The Morgan fingerprint density at radius 3 is 1.92 bits per heavy atom. The minimum atomic E-state index is -2.94. The Morgan fingerprint density at radius 1 is 0.962 bits per heavy atom. The van der Waals surface area contributed by atoms with Gasteiger partial charge in [0.05, 0.1) is 5.25 Å². The van der Waals surface area contributed by atoms with Gasteiger partial charge in [-0.2, -0.15) is 0 Å². The van der Waals surface area contributed by atoms with Gasteiger partial charge in [-0.3, -0.25) is 4.90 Å². The fourth-order valence-electron chi connectivity index (χ4n) is 3.43. The Balaban J connectivity index is 0.000000170. The highest BCUT2D eigenvalue weighted by Crippen LogP contribution is 2.30. The van der Waals surface area contributed by atoms with Crippen LogP contribution in [-0.2, 0) is 23.1 Å². The van der Waals surface area contributed by atoms with Crippen LogP contribution in [0.25, 0.3) is 10.8 Å². The third-order valence-electron chi connectivity index (χ3n) is 4.92. The topological polar surface area (TPSA) is 49.4 Å². The van der Waals surface area contributed by atoms with Gasteiger partial charge < -0.3 is 0 Å². The van der Waals surface area contributed by atoms with Crippen LogP contribution in [0, 0.1) is 0 Å². The molecule has 0 radical (unpaired) electrons. The molecule has 1 fully saturated rings. The van der Waals surface area contributed by atoms with Crippen LogP contribution in [0.3, 0.4) is 0 Å². The number of nitrogens with one attached hydrogen (secondary N) is 1. The summed E-state index contributed by atoms with van der Waals surface area (Å²) in [5.74, 6) is 0. The van der Waals surface area contributed by atoms with Crippen LogP contribution < -0.4 is 4.72 Å². The summed E-state index contributed by atoms with van der Waals surface area (Å²) in [6, 6.07) is 14.0. The zero-order chi connectivity index (χ0) is 18.9. The molecule has 1 aliphatic heterocycles. The first-order valence-electron chi connectivity index (χ1n) is 9.52. The van der Waals surface area contributed by atoms with Crippen LogP contribution in [0.2, 0.25) is 0 Å². The molecular weight excluding hydrogens is 344 g/mol. The largest absolute Gasteiger partial charge is 0.292 e. The Morgan fingerprint density at radius 2 is 1.50 bits per heavy atom. The summed E-state index contributed by atoms with van der Waals surface area (Å²) < 4.78 is 24.7. The van der Waals surface area contributed by atoms with Crippen molar-refractivity contribution >= 4 is 20.8 Å². The molecule has 0 atom stereocenters. The van der Waals surface area contributed by atoms with E-state index in [0.717, 1.165) is 25.9 Å². The summed E-state index contributed by atoms with van der Waals surface area (Å²) in [4.78, 5) is 2.52. The molecule has 0 bridgehead atoms. The summed E-state index contributed by atoms with van der Waals surface area (Å²) in [5, 5.41) is 2.79. The van der Waals surface area contributed by atoms with Crippen LogP contribution in [0.1, 0.15) is 51.7 Å². The van der Waals surface area contributed by atoms with Gasteiger partial charge in [0.15, 0.2) is 0 Å². The maximum atomic E-state index is 11.1. The number of benzene rings is 2. The number of nitrogens with zero attached hydrogens (tertiary/aromatic N) is 1. The second-order valence-corrected chi connectivity index (χ2v) is 9.94. The van der Waals surface area contributed by atoms with Gasteiger partial charge in [0.1, 0.15) is 0 Å². The van der Waals surface area contributed by atoms with Crippen molar-refractivity contribution in [2.75, 3.05) is 0 Å². The van der Waals surface area contributed by atoms with Crippen molar-refractivity contribution in [1.82, 2.24) is 9.62 Å². The number of rotatable bonds is 4. The molecule has 1 aliphatic carbocycles. The fourth-order valence-corrected chi connectivity index (χ4v) is 5.03. The molecule has 2 aliphatic rings. The minimum absolute atomic E-state index is 0.0330. The minimum Gasteiger partial charge on any atom is -0.292 e. The molecular formula is C21H30N2O2S. The van der Waals surface area contributed by atoms with E-state index in [1.807, 2.05) is 13.8 Å². The second kappa shape index (κ2) is 7.67. The molecule has 1 heterocycles. The lowest BCUT2D eigenvalue weighted by atomic mass is 9.95. The van der Waals surface area contributed by atoms with E-state index in [4.69, 9.17) is 0 Å². The van der Waals surface area contributed by atoms with Gasteiger partial charge >= 0.3 is 0 Å². The van der Waals surface area contributed by atoms with Crippen LogP contribution >= 0.6 is 0 Å². The molecule has 1 N–H and O–H groups in total. The van der Waals surface area contributed by atoms with Crippen molar-refractivity contribution in [2.45, 2.75) is 71.0 Å². The van der Waals surface area contributed by atoms with Crippen LogP contribution in [0.15, 0.2) is 36.4 Å². The predicted octanol–water partition coefficient (Wildman–Crippen LogP) is 4.04. The molecule has 5 heteroatoms. The van der Waals surface area contributed by atoms with Crippen molar-refractivity contribution in [1.29, 1.82) is 0 Å². The Bertz CT molecular complexity index is 830. The predicted molar refractivity (Wildman–Crippen MR) is 109 cm³/mol. The van der Waals surface area contributed by atoms with Crippen molar-refractivity contribution in [3.05, 3.63) is 47.5 Å². The summed E-state index contributed by atoms with van der Waals surface area (Å²) in [6.07, 6.45) is 1.67. The first-order valence-corrected chi connectivity index (χ1v) is 11.1. The molecule has 0 saturated heterocycles. The average molecular weight is 375 g/mol. The van der Waals surface area contributed by atoms with Gasteiger partial charge in [0.2, 0.25) is 10.0 Å². The monoisotopic (exact) mass is 374 g/mol. The van der Waals surface area contributed by atoms with E-state index in [-0.39, 0.29) is 11.3 Å². The van der Waals surface area contributed by atoms with Gasteiger partial charge in [0, 0.05) is 25.2 Å². The molecule has 0 aromatic heterocycles. The lowest BCUT2D eigenvalue weighted by Crippen LogP contribution is -2.32. The maximum absolute atomic E-state index is 11.1. The van der Waals surface area contributed by atoms with Crippen LogP contribution in [-0.4, -0.2) is 30.7 Å². The molecule has 2 aromatic rings. The third-order valence-corrected chi connectivity index (χ3v) is 7.07. The number of hydrogen-bond acceptors (Lipinski definition) is 3. The SMILES string of the molecule is CC(C)N1Cc2cccc3cccc(c23)C1.CC(C)NS(=O)(=O)C1CC1. The van der Waals surface area contributed by atoms with E-state index in [1.54, 1.807) is 0 Å². The van der Waals surface area contributed by atoms with E-state index in [1.165, 1.54) is 21.9 Å². The highest BCUT2D eigenvalue weighted by Gasteiger charge is 2.35. The molecule has 0 amide bonds. The molecule has 4 nitrogen and oxygen atoms in total. The first-order chi connectivity index (χ1) is 12.3. The van der Waals surface area contributed by atoms with Crippen molar-refractivity contribution in [3.8, 4) is 0 Å².